The van der Waals surface area contributed by atoms with Gasteiger partial charge in [0.25, 0.3) is 0 Å². The van der Waals surface area contributed by atoms with Crippen LogP contribution in [0.1, 0.15) is 38.8 Å². The molecule has 0 aliphatic carbocycles. The maximum atomic E-state index is 5.12. The third kappa shape index (κ3) is 5.75. The van der Waals surface area contributed by atoms with Crippen LogP contribution in [0.4, 0.5) is 0 Å². The lowest BCUT2D eigenvalue weighted by molar-refractivity contribution is 0.185. The van der Waals surface area contributed by atoms with Gasteiger partial charge in [-0.3, -0.25) is 0 Å². The van der Waals surface area contributed by atoms with E-state index in [4.69, 9.17) is 4.74 Å². The number of ether oxygens (including phenoxy) is 1. The van der Waals surface area contributed by atoms with Crippen LogP contribution in [0, 0.1) is 17.8 Å². The molecule has 0 bridgehead atoms. The summed E-state index contributed by atoms with van der Waals surface area (Å²) in [6.07, 6.45) is 0. The van der Waals surface area contributed by atoms with Gasteiger partial charge in [-0.1, -0.05) is 52.0 Å². The zero-order valence-electron chi connectivity index (χ0n) is 13.1. The Morgan fingerprint density at radius 3 is 1.95 bits per heavy atom. The van der Waals surface area contributed by atoms with Crippen LogP contribution in [0.15, 0.2) is 24.3 Å². The highest BCUT2D eigenvalue weighted by atomic mass is 16.5. The lowest BCUT2D eigenvalue weighted by Crippen LogP contribution is -2.29. The summed E-state index contributed by atoms with van der Waals surface area (Å²) in [6, 6.07) is 8.65. The van der Waals surface area contributed by atoms with Crippen molar-refractivity contribution in [1.29, 1.82) is 0 Å². The van der Waals surface area contributed by atoms with Gasteiger partial charge in [0, 0.05) is 13.7 Å². The Labute approximate surface area is 118 Å². The number of benzene rings is 1. The first-order valence-electron chi connectivity index (χ1n) is 7.32. The average molecular weight is 263 g/mol. The van der Waals surface area contributed by atoms with Crippen molar-refractivity contribution in [3.8, 4) is 0 Å². The van der Waals surface area contributed by atoms with Crippen molar-refractivity contribution in [2.24, 2.45) is 17.8 Å². The van der Waals surface area contributed by atoms with Crippen molar-refractivity contribution in [2.75, 3.05) is 13.7 Å². The summed E-state index contributed by atoms with van der Waals surface area (Å²) in [5, 5.41) is 3.58. The van der Waals surface area contributed by atoms with Crippen LogP contribution < -0.4 is 5.32 Å². The molecule has 1 rings (SSSR count). The largest absolute Gasteiger partial charge is 0.380 e. The van der Waals surface area contributed by atoms with Crippen LogP contribution in [0.25, 0.3) is 0 Å². The van der Waals surface area contributed by atoms with Gasteiger partial charge in [0.1, 0.15) is 0 Å². The second-order valence-electron chi connectivity index (χ2n) is 6.03. The molecule has 0 heterocycles. The Bertz CT molecular complexity index is 335. The molecule has 1 aromatic carbocycles. The van der Waals surface area contributed by atoms with Crippen LogP contribution in [-0.4, -0.2) is 13.7 Å². The lowest BCUT2D eigenvalue weighted by atomic mass is 9.85. The average Bonchev–Trinajstić information content (AvgIpc) is 2.36. The Kier molecular flexibility index (Phi) is 7.11. The third-order valence-corrected chi connectivity index (χ3v) is 3.76. The van der Waals surface area contributed by atoms with E-state index in [0.29, 0.717) is 6.61 Å². The zero-order chi connectivity index (χ0) is 14.3. The molecule has 1 N–H and O–H groups in total. The summed E-state index contributed by atoms with van der Waals surface area (Å²) in [6.45, 7) is 12.0. The molecule has 0 saturated heterocycles. The number of hydrogen-bond donors (Lipinski definition) is 1. The molecule has 0 aliphatic rings. The maximum absolute atomic E-state index is 5.12. The van der Waals surface area contributed by atoms with Crippen molar-refractivity contribution in [3.05, 3.63) is 35.4 Å². The molecular weight excluding hydrogens is 234 g/mol. The molecule has 0 spiro atoms. The van der Waals surface area contributed by atoms with Crippen molar-refractivity contribution in [2.45, 2.75) is 40.8 Å². The van der Waals surface area contributed by atoms with Crippen molar-refractivity contribution >= 4 is 0 Å². The van der Waals surface area contributed by atoms with Gasteiger partial charge >= 0.3 is 0 Å². The second kappa shape index (κ2) is 8.34. The minimum absolute atomic E-state index is 0.691. The summed E-state index contributed by atoms with van der Waals surface area (Å²) in [5.41, 5.74) is 2.57. The lowest BCUT2D eigenvalue weighted by Gasteiger charge is -2.25. The first kappa shape index (κ1) is 16.2. The fourth-order valence-electron chi connectivity index (χ4n) is 2.54. The summed E-state index contributed by atoms with van der Waals surface area (Å²) in [5.74, 6) is 2.21. The smallest absolute Gasteiger partial charge is 0.0713 e. The van der Waals surface area contributed by atoms with E-state index in [1.54, 1.807) is 7.11 Å². The number of nitrogens with one attached hydrogen (secondary N) is 1. The Balaban J connectivity index is 2.39. The van der Waals surface area contributed by atoms with E-state index in [1.807, 2.05) is 0 Å². The van der Waals surface area contributed by atoms with Crippen LogP contribution in [0.2, 0.25) is 0 Å². The van der Waals surface area contributed by atoms with E-state index in [-0.39, 0.29) is 0 Å². The second-order valence-corrected chi connectivity index (χ2v) is 6.03. The molecule has 0 saturated carbocycles. The third-order valence-electron chi connectivity index (χ3n) is 3.76. The van der Waals surface area contributed by atoms with Gasteiger partial charge < -0.3 is 10.1 Å². The first-order chi connectivity index (χ1) is 9.04. The number of rotatable bonds is 8. The summed E-state index contributed by atoms with van der Waals surface area (Å²) in [4.78, 5) is 0. The Hall–Kier alpha value is -0.860. The predicted molar refractivity (Wildman–Crippen MR) is 82.0 cm³/mol. The molecule has 2 nitrogen and oxygen atoms in total. The first-order valence-corrected chi connectivity index (χ1v) is 7.32. The molecule has 2 heteroatoms. The van der Waals surface area contributed by atoms with E-state index in [9.17, 15) is 0 Å². The molecule has 0 fully saturated rings. The van der Waals surface area contributed by atoms with Gasteiger partial charge in [-0.15, -0.1) is 0 Å². The minimum Gasteiger partial charge on any atom is -0.380 e. The Morgan fingerprint density at radius 2 is 1.47 bits per heavy atom. The van der Waals surface area contributed by atoms with Gasteiger partial charge in [0.05, 0.1) is 6.61 Å². The normalized spacial score (nSPS) is 11.8. The van der Waals surface area contributed by atoms with Gasteiger partial charge in [-0.25, -0.2) is 0 Å². The van der Waals surface area contributed by atoms with E-state index in [0.717, 1.165) is 30.8 Å². The molecule has 0 unspecified atom stereocenters. The van der Waals surface area contributed by atoms with Crippen LogP contribution in [0.3, 0.4) is 0 Å². The van der Waals surface area contributed by atoms with Gasteiger partial charge in [-0.05, 0) is 35.4 Å². The molecule has 108 valence electrons. The fourth-order valence-corrected chi connectivity index (χ4v) is 2.54. The SMILES string of the molecule is COCc1ccc(CNCC(C(C)C)C(C)C)cc1. The molecular formula is C17H29NO. The molecule has 1 aromatic rings. The van der Waals surface area contributed by atoms with Crippen molar-refractivity contribution < 1.29 is 4.74 Å². The highest BCUT2D eigenvalue weighted by Gasteiger charge is 2.16. The monoisotopic (exact) mass is 263 g/mol. The maximum Gasteiger partial charge on any atom is 0.0713 e. The van der Waals surface area contributed by atoms with Gasteiger partial charge in [0.2, 0.25) is 0 Å². The van der Waals surface area contributed by atoms with E-state index in [1.165, 1.54) is 11.1 Å². The van der Waals surface area contributed by atoms with Crippen LogP contribution in [0.5, 0.6) is 0 Å². The van der Waals surface area contributed by atoms with Crippen molar-refractivity contribution in [3.63, 3.8) is 0 Å². The molecule has 0 aliphatic heterocycles. The topological polar surface area (TPSA) is 21.3 Å². The fraction of sp³-hybridized carbons (Fsp3) is 0.647. The standard InChI is InChI=1S/C17H29NO/c1-13(2)17(14(3)4)11-18-10-15-6-8-16(9-7-15)12-19-5/h6-9,13-14,17-18H,10-12H2,1-5H3. The van der Waals surface area contributed by atoms with E-state index >= 15 is 0 Å². The van der Waals surface area contributed by atoms with Gasteiger partial charge in [-0.2, -0.15) is 0 Å². The minimum atomic E-state index is 0.691. The zero-order valence-corrected chi connectivity index (χ0v) is 13.1. The van der Waals surface area contributed by atoms with Gasteiger partial charge in [0.15, 0.2) is 0 Å². The Morgan fingerprint density at radius 1 is 0.947 bits per heavy atom. The molecule has 0 radical (unpaired) electrons. The summed E-state index contributed by atoms with van der Waals surface area (Å²) < 4.78 is 5.12. The molecule has 19 heavy (non-hydrogen) atoms. The van der Waals surface area contributed by atoms with Crippen LogP contribution in [-0.2, 0) is 17.9 Å². The quantitative estimate of drug-likeness (QED) is 0.769. The highest BCUT2D eigenvalue weighted by Crippen LogP contribution is 2.19. The summed E-state index contributed by atoms with van der Waals surface area (Å²) >= 11 is 0. The molecule has 0 amide bonds. The predicted octanol–water partition coefficient (Wildman–Crippen LogP) is 3.85. The van der Waals surface area contributed by atoms with Crippen LogP contribution >= 0.6 is 0 Å². The van der Waals surface area contributed by atoms with E-state index in [2.05, 4.69) is 57.3 Å². The highest BCUT2D eigenvalue weighted by molar-refractivity contribution is 5.21. The van der Waals surface area contributed by atoms with E-state index < -0.39 is 0 Å². The number of methoxy groups -OCH3 is 1. The summed E-state index contributed by atoms with van der Waals surface area (Å²) in [7, 11) is 1.73. The molecule has 0 atom stereocenters. The number of hydrogen-bond acceptors (Lipinski definition) is 2. The van der Waals surface area contributed by atoms with Crippen molar-refractivity contribution in [1.82, 2.24) is 5.32 Å². The molecule has 0 aromatic heterocycles.